The zero-order valence-electron chi connectivity index (χ0n) is 18.1. The van der Waals surface area contributed by atoms with Gasteiger partial charge in [-0.3, -0.25) is 4.98 Å². The van der Waals surface area contributed by atoms with Crippen molar-refractivity contribution in [2.24, 2.45) is 0 Å². The second kappa shape index (κ2) is 7.67. The van der Waals surface area contributed by atoms with Crippen LogP contribution in [-0.4, -0.2) is 34.0 Å². The van der Waals surface area contributed by atoms with Gasteiger partial charge in [0.05, 0.1) is 19.9 Å². The van der Waals surface area contributed by atoms with E-state index in [9.17, 15) is 0 Å². The summed E-state index contributed by atoms with van der Waals surface area (Å²) in [5, 5.41) is 8.03. The Morgan fingerprint density at radius 3 is 2.76 bits per heavy atom. The Balaban J connectivity index is 1.63. The third-order valence-electron chi connectivity index (χ3n) is 6.04. The predicted octanol–water partition coefficient (Wildman–Crippen LogP) is 4.25. The molecule has 0 saturated heterocycles. The molecule has 0 unspecified atom stereocenters. The van der Waals surface area contributed by atoms with E-state index in [1.807, 2.05) is 65.5 Å². The molecule has 0 bridgehead atoms. The van der Waals surface area contributed by atoms with E-state index in [-0.39, 0.29) is 6.04 Å². The molecule has 0 amide bonds. The standard InChI is InChI=1S/C25H21N5O3/c1-31-16-9-10-18(20(12-16)32-2)24-21-22(17-7-3-4-8-19(17)33-24)29-25-27-14-28-30(25)23(21)15-6-5-11-26-13-15/h3-14,23-24H,1-2H3,(H,27,28,29)/t23-,24+/m1/s1. The number of anilines is 1. The van der Waals surface area contributed by atoms with E-state index >= 15 is 0 Å². The molecule has 2 atom stereocenters. The molecular formula is C25H21N5O3. The third kappa shape index (κ3) is 3.02. The van der Waals surface area contributed by atoms with E-state index < -0.39 is 6.10 Å². The average molecular weight is 439 g/mol. The summed E-state index contributed by atoms with van der Waals surface area (Å²) in [4.78, 5) is 8.82. The van der Waals surface area contributed by atoms with Gasteiger partial charge in [-0.25, -0.2) is 4.68 Å². The smallest absolute Gasteiger partial charge is 0.226 e. The monoisotopic (exact) mass is 439 g/mol. The Kier molecular flexibility index (Phi) is 4.50. The van der Waals surface area contributed by atoms with Gasteiger partial charge in [0.25, 0.3) is 0 Å². The fourth-order valence-electron chi connectivity index (χ4n) is 4.57. The van der Waals surface area contributed by atoms with Gasteiger partial charge < -0.3 is 19.5 Å². The van der Waals surface area contributed by atoms with Crippen molar-refractivity contribution in [3.05, 3.63) is 95.6 Å². The van der Waals surface area contributed by atoms with E-state index in [2.05, 4.69) is 20.4 Å². The summed E-state index contributed by atoms with van der Waals surface area (Å²) in [6.07, 6.45) is 4.74. The first-order valence-electron chi connectivity index (χ1n) is 10.6. The highest BCUT2D eigenvalue weighted by Gasteiger charge is 2.41. The first-order valence-corrected chi connectivity index (χ1v) is 10.6. The number of ether oxygens (including phenoxy) is 3. The largest absolute Gasteiger partial charge is 0.497 e. The summed E-state index contributed by atoms with van der Waals surface area (Å²) >= 11 is 0. The van der Waals surface area contributed by atoms with Crippen LogP contribution in [0.5, 0.6) is 17.2 Å². The summed E-state index contributed by atoms with van der Waals surface area (Å²) in [6.45, 7) is 0. The Morgan fingerprint density at radius 1 is 1.03 bits per heavy atom. The van der Waals surface area contributed by atoms with Gasteiger partial charge >= 0.3 is 0 Å². The number of hydrogen-bond donors (Lipinski definition) is 1. The molecule has 0 aliphatic carbocycles. The van der Waals surface area contributed by atoms with E-state index in [4.69, 9.17) is 14.2 Å². The van der Waals surface area contributed by atoms with Gasteiger partial charge in [-0.05, 0) is 35.9 Å². The molecule has 2 aliphatic heterocycles. The number of para-hydroxylation sites is 1. The molecule has 33 heavy (non-hydrogen) atoms. The topological polar surface area (TPSA) is 83.3 Å². The van der Waals surface area contributed by atoms with Crippen molar-refractivity contribution in [2.45, 2.75) is 12.1 Å². The fraction of sp³-hybridized carbons (Fsp3) is 0.160. The lowest BCUT2D eigenvalue weighted by Gasteiger charge is -2.39. The summed E-state index contributed by atoms with van der Waals surface area (Å²) in [5.74, 6) is 2.84. The first-order chi connectivity index (χ1) is 16.3. The number of rotatable bonds is 4. The van der Waals surface area contributed by atoms with Crippen molar-refractivity contribution < 1.29 is 14.2 Å². The normalized spacial score (nSPS) is 18.4. The summed E-state index contributed by atoms with van der Waals surface area (Å²) in [5.41, 5.74) is 4.80. The Bertz CT molecular complexity index is 1370. The molecule has 6 rings (SSSR count). The molecule has 8 heteroatoms. The number of methoxy groups -OCH3 is 2. The quantitative estimate of drug-likeness (QED) is 0.509. The van der Waals surface area contributed by atoms with E-state index in [1.54, 1.807) is 26.7 Å². The number of fused-ring (bicyclic) bond motifs is 3. The number of pyridine rings is 1. The lowest BCUT2D eigenvalue weighted by Crippen LogP contribution is -2.32. The maximum atomic E-state index is 6.65. The minimum absolute atomic E-state index is 0.266. The lowest BCUT2D eigenvalue weighted by atomic mass is 9.85. The number of benzene rings is 2. The molecule has 0 fully saturated rings. The maximum Gasteiger partial charge on any atom is 0.226 e. The summed E-state index contributed by atoms with van der Waals surface area (Å²) in [7, 11) is 3.29. The molecule has 8 nitrogen and oxygen atoms in total. The third-order valence-corrected chi connectivity index (χ3v) is 6.04. The average Bonchev–Trinajstić information content (AvgIpc) is 3.35. The molecule has 164 valence electrons. The van der Waals surface area contributed by atoms with Crippen LogP contribution in [0.2, 0.25) is 0 Å². The molecule has 0 radical (unpaired) electrons. The number of aromatic nitrogens is 4. The van der Waals surface area contributed by atoms with Crippen molar-refractivity contribution in [3.63, 3.8) is 0 Å². The highest BCUT2D eigenvalue weighted by Crippen LogP contribution is 2.51. The van der Waals surface area contributed by atoms with E-state index in [0.717, 1.165) is 33.7 Å². The zero-order valence-corrected chi connectivity index (χ0v) is 18.1. The van der Waals surface area contributed by atoms with Crippen molar-refractivity contribution in [1.29, 1.82) is 0 Å². The molecule has 0 spiro atoms. The predicted molar refractivity (Wildman–Crippen MR) is 122 cm³/mol. The van der Waals surface area contributed by atoms with Gasteiger partial charge in [-0.1, -0.05) is 18.2 Å². The minimum atomic E-state index is -0.439. The van der Waals surface area contributed by atoms with Crippen LogP contribution in [0.15, 0.2) is 78.9 Å². The Morgan fingerprint density at radius 2 is 1.94 bits per heavy atom. The van der Waals surface area contributed by atoms with Crippen LogP contribution in [0.25, 0.3) is 5.70 Å². The van der Waals surface area contributed by atoms with Gasteiger partial charge in [-0.15, -0.1) is 0 Å². The first kappa shape index (κ1) is 19.4. The van der Waals surface area contributed by atoms with Crippen LogP contribution in [0.1, 0.15) is 28.8 Å². The number of nitrogens with zero attached hydrogens (tertiary/aromatic N) is 4. The summed E-state index contributed by atoms with van der Waals surface area (Å²) < 4.78 is 19.7. The number of nitrogens with one attached hydrogen (secondary N) is 1. The van der Waals surface area contributed by atoms with Gasteiger partial charge in [0.1, 0.15) is 29.6 Å². The number of hydrogen-bond acceptors (Lipinski definition) is 7. The molecule has 1 N–H and O–H groups in total. The molecule has 2 aromatic carbocycles. The van der Waals surface area contributed by atoms with Crippen LogP contribution < -0.4 is 19.5 Å². The molecule has 4 heterocycles. The second-order valence-electron chi connectivity index (χ2n) is 7.77. The summed E-state index contributed by atoms with van der Waals surface area (Å²) in [6, 6.07) is 17.5. The van der Waals surface area contributed by atoms with Crippen LogP contribution >= 0.6 is 0 Å². The second-order valence-corrected chi connectivity index (χ2v) is 7.77. The van der Waals surface area contributed by atoms with Gasteiger partial charge in [0, 0.05) is 35.2 Å². The van der Waals surface area contributed by atoms with Crippen LogP contribution in [0.4, 0.5) is 5.95 Å². The van der Waals surface area contributed by atoms with E-state index in [1.165, 1.54) is 0 Å². The van der Waals surface area contributed by atoms with Crippen molar-refractivity contribution in [3.8, 4) is 17.2 Å². The molecular weight excluding hydrogens is 418 g/mol. The van der Waals surface area contributed by atoms with Crippen molar-refractivity contribution >= 4 is 11.6 Å². The minimum Gasteiger partial charge on any atom is -0.497 e. The van der Waals surface area contributed by atoms with Crippen molar-refractivity contribution in [2.75, 3.05) is 19.5 Å². The molecule has 2 aliphatic rings. The van der Waals surface area contributed by atoms with Crippen LogP contribution in [0.3, 0.4) is 0 Å². The molecule has 0 saturated carbocycles. The Labute approximate surface area is 190 Å². The highest BCUT2D eigenvalue weighted by molar-refractivity contribution is 5.85. The van der Waals surface area contributed by atoms with Gasteiger partial charge in [0.15, 0.2) is 6.10 Å². The van der Waals surface area contributed by atoms with E-state index in [0.29, 0.717) is 17.4 Å². The zero-order chi connectivity index (χ0) is 22.4. The van der Waals surface area contributed by atoms with Crippen LogP contribution in [0, 0.1) is 0 Å². The van der Waals surface area contributed by atoms with Crippen LogP contribution in [-0.2, 0) is 0 Å². The maximum absolute atomic E-state index is 6.65. The lowest BCUT2D eigenvalue weighted by molar-refractivity contribution is 0.217. The van der Waals surface area contributed by atoms with Crippen molar-refractivity contribution in [1.82, 2.24) is 19.7 Å². The van der Waals surface area contributed by atoms with Gasteiger partial charge in [0.2, 0.25) is 5.95 Å². The van der Waals surface area contributed by atoms with Gasteiger partial charge in [-0.2, -0.15) is 10.1 Å². The Hall–Kier alpha value is -4.33. The SMILES string of the molecule is COc1ccc([C@@H]2Oc3ccccc3C3=C2[C@@H](c2cccnc2)n2ncnc2N3)c(OC)c1. The highest BCUT2D eigenvalue weighted by atomic mass is 16.5. The molecule has 4 aromatic rings. The molecule has 2 aromatic heterocycles. The fourth-order valence-corrected chi connectivity index (χ4v) is 4.57.